The number of nitrogens with zero attached hydrogens (tertiary/aromatic N) is 3. The van der Waals surface area contributed by atoms with Crippen LogP contribution in [0.4, 0.5) is 17.1 Å². The van der Waals surface area contributed by atoms with Gasteiger partial charge in [0.1, 0.15) is 21.4 Å². The van der Waals surface area contributed by atoms with Crippen LogP contribution in [0.2, 0.25) is 5.15 Å². The zero-order valence-corrected chi connectivity index (χ0v) is 17.0. The van der Waals surface area contributed by atoms with Gasteiger partial charge in [-0.2, -0.15) is 8.42 Å². The Labute approximate surface area is 206 Å². The molecule has 4 rings (SSSR count). The summed E-state index contributed by atoms with van der Waals surface area (Å²) < 4.78 is 33.3. The van der Waals surface area contributed by atoms with Gasteiger partial charge < -0.3 is 5.73 Å². The van der Waals surface area contributed by atoms with Crippen molar-refractivity contribution in [1.29, 1.82) is 0 Å². The number of nitrogens with two attached hydrogens (primary N) is 1. The Bertz CT molecular complexity index is 1400. The van der Waals surface area contributed by atoms with Crippen molar-refractivity contribution >= 4 is 79.1 Å². The molecule has 0 saturated carbocycles. The van der Waals surface area contributed by atoms with Gasteiger partial charge in [0.2, 0.25) is 0 Å². The first-order chi connectivity index (χ1) is 14.3. The van der Waals surface area contributed by atoms with Crippen LogP contribution >= 0.6 is 11.6 Å². The number of hydrogen-bond acceptors (Lipinski definition) is 6. The number of nitrogen functional groups attached to an aromatic ring is 1. The van der Waals surface area contributed by atoms with Crippen LogP contribution < -0.4 is 5.73 Å². The second-order valence-corrected chi connectivity index (χ2v) is 8.17. The summed E-state index contributed by atoms with van der Waals surface area (Å²) in [5.74, 6) is 0. The Balaban J connectivity index is 0.00000272. The van der Waals surface area contributed by atoms with Crippen LogP contribution in [0.5, 0.6) is 0 Å². The number of hydrogen-bond donors (Lipinski definition) is 2. The Morgan fingerprint density at radius 2 is 1.58 bits per heavy atom. The van der Waals surface area contributed by atoms with E-state index in [9.17, 15) is 13.0 Å². The van der Waals surface area contributed by atoms with Crippen LogP contribution in [0.3, 0.4) is 0 Å². The number of pyridine rings is 1. The minimum absolute atomic E-state index is 0. The SMILES string of the molecule is Nc1c(N=Nc2cnc(Cl)c(-c3ccccc3)c2)cc(S(=O)(=O)O)c2ccccc12.[NaH]. The molecular weight excluding hydrogens is 447 g/mol. The first-order valence-electron chi connectivity index (χ1n) is 8.76. The van der Waals surface area contributed by atoms with Crippen LogP contribution in [0, 0.1) is 0 Å². The summed E-state index contributed by atoms with van der Waals surface area (Å²) in [7, 11) is -4.49. The summed E-state index contributed by atoms with van der Waals surface area (Å²) in [6.07, 6.45) is 1.44. The maximum atomic E-state index is 11.8. The fraction of sp³-hybridized carbons (Fsp3) is 0. The van der Waals surface area contributed by atoms with Crippen LogP contribution in [-0.4, -0.2) is 47.5 Å². The van der Waals surface area contributed by atoms with E-state index in [4.69, 9.17) is 17.3 Å². The van der Waals surface area contributed by atoms with Crippen LogP contribution in [0.25, 0.3) is 21.9 Å². The molecular formula is C21H16ClN4NaO3S. The van der Waals surface area contributed by atoms with Gasteiger partial charge in [0.15, 0.2) is 0 Å². The third kappa shape index (κ3) is 4.95. The molecule has 0 amide bonds. The van der Waals surface area contributed by atoms with E-state index in [-0.39, 0.29) is 45.8 Å². The van der Waals surface area contributed by atoms with Gasteiger partial charge in [-0.3, -0.25) is 4.55 Å². The molecule has 152 valence electrons. The van der Waals surface area contributed by atoms with Crippen molar-refractivity contribution < 1.29 is 13.0 Å². The Hall–Kier alpha value is -2.33. The maximum absolute atomic E-state index is 11.8. The zero-order chi connectivity index (χ0) is 21.3. The Morgan fingerprint density at radius 1 is 0.935 bits per heavy atom. The number of rotatable bonds is 4. The summed E-state index contributed by atoms with van der Waals surface area (Å²) in [4.78, 5) is 3.85. The molecule has 0 radical (unpaired) electrons. The van der Waals surface area contributed by atoms with Crippen molar-refractivity contribution in [3.8, 4) is 11.1 Å². The van der Waals surface area contributed by atoms with Gasteiger partial charge in [0.05, 0.1) is 11.9 Å². The molecule has 0 spiro atoms. The number of benzene rings is 3. The van der Waals surface area contributed by atoms with Crippen molar-refractivity contribution in [3.05, 3.63) is 78.1 Å². The van der Waals surface area contributed by atoms with Gasteiger partial charge in [-0.15, -0.1) is 10.2 Å². The first kappa shape index (κ1) is 23.3. The predicted octanol–water partition coefficient (Wildman–Crippen LogP) is 5.15. The van der Waals surface area contributed by atoms with E-state index >= 15 is 0 Å². The first-order valence-corrected chi connectivity index (χ1v) is 10.6. The molecule has 3 aromatic carbocycles. The van der Waals surface area contributed by atoms with Gasteiger partial charge in [-0.05, 0) is 17.7 Å². The van der Waals surface area contributed by atoms with Gasteiger partial charge >= 0.3 is 29.6 Å². The van der Waals surface area contributed by atoms with Crippen LogP contribution in [0.1, 0.15) is 0 Å². The predicted molar refractivity (Wildman–Crippen MR) is 124 cm³/mol. The average molecular weight is 463 g/mol. The summed E-state index contributed by atoms with van der Waals surface area (Å²) in [6.45, 7) is 0. The standard InChI is InChI=1S/C21H15ClN4O3S.Na.H/c22-21-17(13-6-2-1-3-7-13)10-14(12-24-21)25-26-18-11-19(30(27,28)29)15-8-4-5-9-16(15)20(18)23;;/h1-12H,23H2,(H,27,28,29);;. The quantitative estimate of drug-likeness (QED) is 0.143. The van der Waals surface area contributed by atoms with Crippen molar-refractivity contribution in [1.82, 2.24) is 4.98 Å². The molecule has 1 heterocycles. The second-order valence-electron chi connectivity index (χ2n) is 6.43. The van der Waals surface area contributed by atoms with E-state index < -0.39 is 10.1 Å². The Kier molecular flexibility index (Phi) is 7.10. The van der Waals surface area contributed by atoms with Crippen LogP contribution in [-0.2, 0) is 10.1 Å². The normalized spacial score (nSPS) is 11.5. The van der Waals surface area contributed by atoms with Crippen molar-refractivity contribution in [2.45, 2.75) is 4.90 Å². The van der Waals surface area contributed by atoms with Crippen molar-refractivity contribution in [3.63, 3.8) is 0 Å². The van der Waals surface area contributed by atoms with Gasteiger partial charge in [0, 0.05) is 16.3 Å². The number of anilines is 1. The van der Waals surface area contributed by atoms with E-state index in [1.54, 1.807) is 30.3 Å². The van der Waals surface area contributed by atoms with E-state index in [0.717, 1.165) is 5.56 Å². The number of aromatic nitrogens is 1. The molecule has 0 fully saturated rings. The molecule has 0 aliphatic carbocycles. The van der Waals surface area contributed by atoms with Gasteiger partial charge in [-0.25, -0.2) is 4.98 Å². The topological polar surface area (TPSA) is 118 Å². The van der Waals surface area contributed by atoms with E-state index in [1.807, 2.05) is 30.3 Å². The molecule has 0 aliphatic heterocycles. The molecule has 0 saturated heterocycles. The van der Waals surface area contributed by atoms with E-state index in [1.165, 1.54) is 12.3 Å². The fourth-order valence-electron chi connectivity index (χ4n) is 3.07. The third-order valence-electron chi connectivity index (χ3n) is 4.49. The van der Waals surface area contributed by atoms with Crippen molar-refractivity contribution in [2.75, 3.05) is 5.73 Å². The summed E-state index contributed by atoms with van der Waals surface area (Å²) in [5.41, 5.74) is 8.47. The molecule has 0 bridgehead atoms. The molecule has 0 unspecified atom stereocenters. The third-order valence-corrected chi connectivity index (χ3v) is 5.68. The Morgan fingerprint density at radius 3 is 2.26 bits per heavy atom. The van der Waals surface area contributed by atoms with Crippen LogP contribution in [0.15, 0.2) is 88.1 Å². The molecule has 3 N–H and O–H groups in total. The minimum atomic E-state index is -4.49. The van der Waals surface area contributed by atoms with Crippen molar-refractivity contribution in [2.24, 2.45) is 10.2 Å². The molecule has 10 heteroatoms. The second kappa shape index (κ2) is 9.44. The molecule has 7 nitrogen and oxygen atoms in total. The molecule has 1 aromatic heterocycles. The fourth-order valence-corrected chi connectivity index (χ4v) is 4.00. The summed E-state index contributed by atoms with van der Waals surface area (Å²) in [6, 6.07) is 18.9. The average Bonchev–Trinajstić information content (AvgIpc) is 2.74. The summed E-state index contributed by atoms with van der Waals surface area (Å²) >= 11 is 6.21. The van der Waals surface area contributed by atoms with Gasteiger partial charge in [0.25, 0.3) is 10.1 Å². The van der Waals surface area contributed by atoms with E-state index in [0.29, 0.717) is 27.2 Å². The molecule has 0 atom stereocenters. The zero-order valence-electron chi connectivity index (χ0n) is 15.4. The summed E-state index contributed by atoms with van der Waals surface area (Å²) in [5, 5.41) is 9.31. The number of fused-ring (bicyclic) bond motifs is 1. The molecule has 0 aliphatic rings. The molecule has 4 aromatic rings. The van der Waals surface area contributed by atoms with E-state index in [2.05, 4.69) is 15.2 Å². The number of azo groups is 1. The molecule has 31 heavy (non-hydrogen) atoms. The van der Waals surface area contributed by atoms with Gasteiger partial charge in [-0.1, -0.05) is 66.2 Å². The monoisotopic (exact) mass is 462 g/mol. The number of halogens is 1.